The van der Waals surface area contributed by atoms with E-state index in [1.165, 1.54) is 12.8 Å². The Balaban J connectivity index is 2.36. The molecular formula is C12H26O2Si. The summed E-state index contributed by atoms with van der Waals surface area (Å²) in [4.78, 5) is 0. The Labute approximate surface area is 95.2 Å². The van der Waals surface area contributed by atoms with Gasteiger partial charge in [0.15, 0.2) is 8.32 Å². The van der Waals surface area contributed by atoms with Crippen LogP contribution in [0.5, 0.6) is 0 Å². The van der Waals surface area contributed by atoms with Gasteiger partial charge in [0, 0.05) is 13.2 Å². The lowest BCUT2D eigenvalue weighted by molar-refractivity contribution is 0.0496. The lowest BCUT2D eigenvalue weighted by atomic mass is 9.75. The first-order valence-corrected chi connectivity index (χ1v) is 8.93. The molecule has 1 aliphatic rings. The van der Waals surface area contributed by atoms with Crippen molar-refractivity contribution >= 4 is 8.32 Å². The first-order chi connectivity index (χ1) is 6.78. The summed E-state index contributed by atoms with van der Waals surface area (Å²) >= 11 is 0. The molecule has 2 nitrogen and oxygen atoms in total. The number of hydrogen-bond acceptors (Lipinski definition) is 2. The van der Waals surface area contributed by atoms with Gasteiger partial charge in [-0.05, 0) is 42.8 Å². The van der Waals surface area contributed by atoms with E-state index in [1.807, 2.05) is 0 Å². The van der Waals surface area contributed by atoms with Crippen LogP contribution < -0.4 is 0 Å². The summed E-state index contributed by atoms with van der Waals surface area (Å²) in [5.74, 6) is 1.12. The molecule has 1 fully saturated rings. The van der Waals surface area contributed by atoms with E-state index in [-0.39, 0.29) is 0 Å². The van der Waals surface area contributed by atoms with E-state index in [1.54, 1.807) is 0 Å². The summed E-state index contributed by atoms with van der Waals surface area (Å²) in [6.45, 7) is 12.6. The smallest absolute Gasteiger partial charge is 0.191 e. The highest BCUT2D eigenvalue weighted by atomic mass is 28.4. The molecule has 0 aromatic heterocycles. The largest absolute Gasteiger partial charge is 0.417 e. The molecule has 2 atom stereocenters. The van der Waals surface area contributed by atoms with E-state index >= 15 is 0 Å². The number of hydrogen-bond donors (Lipinski definition) is 1. The Kier molecular flexibility index (Phi) is 4.01. The van der Waals surface area contributed by atoms with Crippen molar-refractivity contribution in [3.63, 3.8) is 0 Å². The summed E-state index contributed by atoms with van der Waals surface area (Å²) in [5, 5.41) is 9.40. The Hall–Kier alpha value is 0.137. The Morgan fingerprint density at radius 3 is 2.07 bits per heavy atom. The quantitative estimate of drug-likeness (QED) is 0.752. The van der Waals surface area contributed by atoms with E-state index in [0.29, 0.717) is 23.5 Å². The molecule has 15 heavy (non-hydrogen) atoms. The van der Waals surface area contributed by atoms with E-state index in [4.69, 9.17) is 9.53 Å². The van der Waals surface area contributed by atoms with Crippen LogP contribution in [0.1, 0.15) is 33.6 Å². The summed E-state index contributed by atoms with van der Waals surface area (Å²) in [6.07, 6.45) is 2.42. The van der Waals surface area contributed by atoms with E-state index in [0.717, 1.165) is 6.61 Å². The molecule has 3 heteroatoms. The van der Waals surface area contributed by atoms with Crippen molar-refractivity contribution in [3.05, 3.63) is 0 Å². The summed E-state index contributed by atoms with van der Waals surface area (Å²) in [6, 6.07) is 0. The maximum atomic E-state index is 9.10. The van der Waals surface area contributed by atoms with Gasteiger partial charge in [-0.1, -0.05) is 20.8 Å². The first kappa shape index (κ1) is 13.2. The Morgan fingerprint density at radius 2 is 1.73 bits per heavy atom. The number of aliphatic hydroxyl groups excluding tert-OH is 1. The zero-order valence-electron chi connectivity index (χ0n) is 10.8. The molecule has 1 N–H and O–H groups in total. The predicted molar refractivity (Wildman–Crippen MR) is 66.4 cm³/mol. The molecule has 0 bridgehead atoms. The van der Waals surface area contributed by atoms with Gasteiger partial charge in [-0.15, -0.1) is 0 Å². The molecule has 0 amide bonds. The van der Waals surface area contributed by atoms with Crippen molar-refractivity contribution in [2.75, 3.05) is 13.2 Å². The molecule has 0 aromatic carbocycles. The molecule has 1 saturated carbocycles. The molecule has 0 aliphatic heterocycles. The summed E-state index contributed by atoms with van der Waals surface area (Å²) < 4.78 is 6.16. The van der Waals surface area contributed by atoms with Crippen LogP contribution in [0.2, 0.25) is 18.1 Å². The monoisotopic (exact) mass is 230 g/mol. The average Bonchev–Trinajstić information content (AvgIpc) is 2.00. The predicted octanol–water partition coefficient (Wildman–Crippen LogP) is 3.03. The second kappa shape index (κ2) is 4.56. The van der Waals surface area contributed by atoms with Crippen LogP contribution in [0.25, 0.3) is 0 Å². The van der Waals surface area contributed by atoms with Crippen molar-refractivity contribution in [2.45, 2.75) is 51.7 Å². The van der Waals surface area contributed by atoms with Crippen molar-refractivity contribution in [1.29, 1.82) is 0 Å². The van der Waals surface area contributed by atoms with E-state index in [2.05, 4.69) is 33.9 Å². The normalized spacial score (nSPS) is 27.6. The Morgan fingerprint density at radius 1 is 1.20 bits per heavy atom. The number of rotatable bonds is 4. The lowest BCUT2D eigenvalue weighted by Crippen LogP contribution is -2.44. The minimum atomic E-state index is -1.57. The first-order valence-electron chi connectivity index (χ1n) is 6.03. The van der Waals surface area contributed by atoms with Crippen LogP contribution in [0.4, 0.5) is 0 Å². The molecule has 0 heterocycles. The van der Waals surface area contributed by atoms with Gasteiger partial charge in [-0.2, -0.15) is 0 Å². The Bertz CT molecular complexity index is 206. The SMILES string of the molecule is CC(C)(C)[Si](C)(C)OC[C@H]1CC[C@H]1CO. The fraction of sp³-hybridized carbons (Fsp3) is 1.00. The molecular weight excluding hydrogens is 204 g/mol. The molecule has 1 rings (SSSR count). The topological polar surface area (TPSA) is 29.5 Å². The molecule has 0 unspecified atom stereocenters. The van der Waals surface area contributed by atoms with Crippen LogP contribution in [-0.2, 0) is 4.43 Å². The van der Waals surface area contributed by atoms with Gasteiger partial charge < -0.3 is 9.53 Å². The lowest BCUT2D eigenvalue weighted by Gasteiger charge is -2.41. The fourth-order valence-electron chi connectivity index (χ4n) is 1.63. The van der Waals surface area contributed by atoms with E-state index < -0.39 is 8.32 Å². The second-order valence-electron chi connectivity index (χ2n) is 6.35. The van der Waals surface area contributed by atoms with Crippen LogP contribution in [0, 0.1) is 11.8 Å². The molecule has 0 saturated heterocycles. The van der Waals surface area contributed by atoms with Crippen LogP contribution in [0.3, 0.4) is 0 Å². The van der Waals surface area contributed by atoms with Crippen molar-refractivity contribution in [2.24, 2.45) is 11.8 Å². The zero-order valence-corrected chi connectivity index (χ0v) is 11.8. The molecule has 0 spiro atoms. The van der Waals surface area contributed by atoms with Gasteiger partial charge in [0.05, 0.1) is 0 Å². The van der Waals surface area contributed by atoms with Crippen LogP contribution >= 0.6 is 0 Å². The van der Waals surface area contributed by atoms with Crippen LogP contribution in [0.15, 0.2) is 0 Å². The summed E-state index contributed by atoms with van der Waals surface area (Å²) in [5.41, 5.74) is 0. The molecule has 1 aliphatic carbocycles. The maximum absolute atomic E-state index is 9.10. The third-order valence-corrected chi connectivity index (χ3v) is 8.77. The minimum absolute atomic E-state index is 0.297. The molecule has 0 radical (unpaired) electrons. The van der Waals surface area contributed by atoms with Crippen molar-refractivity contribution in [3.8, 4) is 0 Å². The third-order valence-electron chi connectivity index (χ3n) is 4.27. The van der Waals surface area contributed by atoms with Gasteiger partial charge in [0.2, 0.25) is 0 Å². The van der Waals surface area contributed by atoms with E-state index in [9.17, 15) is 0 Å². The third kappa shape index (κ3) is 3.05. The highest BCUT2D eigenvalue weighted by Crippen LogP contribution is 2.39. The van der Waals surface area contributed by atoms with Gasteiger partial charge in [-0.3, -0.25) is 0 Å². The highest BCUT2D eigenvalue weighted by molar-refractivity contribution is 6.74. The van der Waals surface area contributed by atoms with Crippen molar-refractivity contribution < 1.29 is 9.53 Å². The van der Waals surface area contributed by atoms with Gasteiger partial charge >= 0.3 is 0 Å². The molecule has 90 valence electrons. The average molecular weight is 230 g/mol. The summed E-state index contributed by atoms with van der Waals surface area (Å²) in [7, 11) is -1.57. The molecule has 0 aromatic rings. The fourth-order valence-corrected chi connectivity index (χ4v) is 2.69. The van der Waals surface area contributed by atoms with Gasteiger partial charge in [0.25, 0.3) is 0 Å². The standard InChI is InChI=1S/C12H26O2Si/c1-12(2,3)15(4,5)14-9-11-7-6-10(11)8-13/h10-11,13H,6-9H2,1-5H3/t10-,11+/m0/s1. The van der Waals surface area contributed by atoms with Crippen molar-refractivity contribution in [1.82, 2.24) is 0 Å². The highest BCUT2D eigenvalue weighted by Gasteiger charge is 2.39. The minimum Gasteiger partial charge on any atom is -0.417 e. The zero-order chi connectivity index (χ0) is 11.7. The van der Waals surface area contributed by atoms with Gasteiger partial charge in [-0.25, -0.2) is 0 Å². The maximum Gasteiger partial charge on any atom is 0.191 e. The second-order valence-corrected chi connectivity index (χ2v) is 11.2. The van der Waals surface area contributed by atoms with Crippen LogP contribution in [-0.4, -0.2) is 26.6 Å². The number of aliphatic hydroxyl groups is 1. The van der Waals surface area contributed by atoms with Gasteiger partial charge in [0.1, 0.15) is 0 Å².